The number of carbonyl (C=O) groups excluding carboxylic acids is 1. The molecule has 5 heteroatoms. The fourth-order valence-corrected chi connectivity index (χ4v) is 1.23. The van der Waals surface area contributed by atoms with Crippen LogP contribution in [-0.4, -0.2) is 49.4 Å². The van der Waals surface area contributed by atoms with Gasteiger partial charge >= 0.3 is 6.03 Å². The summed E-state index contributed by atoms with van der Waals surface area (Å²) in [6.45, 7) is 1.14. The molecule has 17 heavy (non-hydrogen) atoms. The number of amides is 2. The van der Waals surface area contributed by atoms with Crippen LogP contribution >= 0.6 is 0 Å². The van der Waals surface area contributed by atoms with E-state index in [2.05, 4.69) is 5.32 Å². The Balaban J connectivity index is 2.14. The number of benzene rings is 1. The molecule has 0 saturated carbocycles. The van der Waals surface area contributed by atoms with Crippen LogP contribution in [0.5, 0.6) is 5.75 Å². The lowest BCUT2D eigenvalue weighted by Gasteiger charge is -2.16. The number of likely N-dealkylation sites (N-methyl/N-ethyl adjacent to an activating group) is 1. The maximum atomic E-state index is 11.4. The van der Waals surface area contributed by atoms with Crippen molar-refractivity contribution < 1.29 is 14.6 Å². The van der Waals surface area contributed by atoms with Gasteiger partial charge in [-0.05, 0) is 12.1 Å². The summed E-state index contributed by atoms with van der Waals surface area (Å²) in [6, 6.07) is 9.21. The monoisotopic (exact) mass is 238 g/mol. The summed E-state index contributed by atoms with van der Waals surface area (Å²) in [5.41, 5.74) is 0. The second-order valence-corrected chi connectivity index (χ2v) is 3.54. The first-order valence-electron chi connectivity index (χ1n) is 5.51. The van der Waals surface area contributed by atoms with Gasteiger partial charge in [0.05, 0.1) is 13.2 Å². The molecule has 0 saturated heterocycles. The van der Waals surface area contributed by atoms with Crippen molar-refractivity contribution in [2.75, 3.05) is 33.4 Å². The second kappa shape index (κ2) is 7.51. The lowest BCUT2D eigenvalue weighted by molar-refractivity contribution is 0.188. The summed E-state index contributed by atoms with van der Waals surface area (Å²) in [4.78, 5) is 12.8. The Bertz CT molecular complexity index is 330. The van der Waals surface area contributed by atoms with Gasteiger partial charge in [-0.1, -0.05) is 18.2 Å². The highest BCUT2D eigenvalue weighted by Gasteiger charge is 2.05. The van der Waals surface area contributed by atoms with Crippen molar-refractivity contribution in [3.05, 3.63) is 30.3 Å². The van der Waals surface area contributed by atoms with Crippen LogP contribution in [-0.2, 0) is 0 Å². The third-order valence-corrected chi connectivity index (χ3v) is 2.17. The van der Waals surface area contributed by atoms with E-state index in [0.29, 0.717) is 19.7 Å². The standard InChI is InChI=1S/C12H18N2O3/c1-14(8-9-15)12(16)13-7-10-17-11-5-3-2-4-6-11/h2-6,15H,7-10H2,1H3,(H,13,16). The molecule has 0 aliphatic rings. The number of hydrogen-bond acceptors (Lipinski definition) is 3. The van der Waals surface area contributed by atoms with Gasteiger partial charge in [-0.3, -0.25) is 0 Å². The van der Waals surface area contributed by atoms with Crippen LogP contribution in [0, 0.1) is 0 Å². The zero-order chi connectivity index (χ0) is 12.5. The van der Waals surface area contributed by atoms with Crippen LogP contribution in [0.2, 0.25) is 0 Å². The highest BCUT2D eigenvalue weighted by Crippen LogP contribution is 2.07. The summed E-state index contributed by atoms with van der Waals surface area (Å²) < 4.78 is 5.41. The Hall–Kier alpha value is -1.75. The van der Waals surface area contributed by atoms with E-state index in [0.717, 1.165) is 5.75 Å². The van der Waals surface area contributed by atoms with Crippen molar-refractivity contribution in [1.29, 1.82) is 0 Å². The summed E-state index contributed by atoms with van der Waals surface area (Å²) >= 11 is 0. The summed E-state index contributed by atoms with van der Waals surface area (Å²) in [5.74, 6) is 0.783. The lowest BCUT2D eigenvalue weighted by Crippen LogP contribution is -2.40. The predicted molar refractivity (Wildman–Crippen MR) is 65.1 cm³/mol. The molecule has 0 aliphatic heterocycles. The average molecular weight is 238 g/mol. The third-order valence-electron chi connectivity index (χ3n) is 2.17. The van der Waals surface area contributed by atoms with Crippen LogP contribution in [0.1, 0.15) is 0 Å². The molecule has 1 rings (SSSR count). The van der Waals surface area contributed by atoms with Crippen LogP contribution in [0.4, 0.5) is 4.79 Å². The van der Waals surface area contributed by atoms with Gasteiger partial charge < -0.3 is 20.1 Å². The number of hydrogen-bond donors (Lipinski definition) is 2. The van der Waals surface area contributed by atoms with Gasteiger partial charge in [-0.15, -0.1) is 0 Å². The molecule has 1 aromatic rings. The number of para-hydroxylation sites is 1. The van der Waals surface area contributed by atoms with Gasteiger partial charge in [-0.2, -0.15) is 0 Å². The topological polar surface area (TPSA) is 61.8 Å². The van der Waals surface area contributed by atoms with Crippen LogP contribution in [0.15, 0.2) is 30.3 Å². The molecular formula is C12H18N2O3. The van der Waals surface area contributed by atoms with Gasteiger partial charge in [0.25, 0.3) is 0 Å². The van der Waals surface area contributed by atoms with E-state index in [4.69, 9.17) is 9.84 Å². The minimum Gasteiger partial charge on any atom is -0.492 e. The summed E-state index contributed by atoms with van der Waals surface area (Å²) in [7, 11) is 1.63. The molecule has 0 aliphatic carbocycles. The SMILES string of the molecule is CN(CCO)C(=O)NCCOc1ccccc1. The fourth-order valence-electron chi connectivity index (χ4n) is 1.23. The quantitative estimate of drug-likeness (QED) is 0.717. The minimum absolute atomic E-state index is 0.0373. The molecule has 0 bridgehead atoms. The minimum atomic E-state index is -0.212. The first kappa shape index (κ1) is 13.3. The average Bonchev–Trinajstić information content (AvgIpc) is 2.36. The number of aliphatic hydroxyl groups excluding tert-OH is 1. The highest BCUT2D eigenvalue weighted by atomic mass is 16.5. The molecule has 0 aromatic heterocycles. The fraction of sp³-hybridized carbons (Fsp3) is 0.417. The number of urea groups is 1. The molecule has 0 unspecified atom stereocenters. The van der Waals surface area contributed by atoms with Crippen molar-refractivity contribution in [3.8, 4) is 5.75 Å². The van der Waals surface area contributed by atoms with Crippen LogP contribution in [0.3, 0.4) is 0 Å². The Kier molecular flexibility index (Phi) is 5.88. The zero-order valence-electron chi connectivity index (χ0n) is 9.93. The van der Waals surface area contributed by atoms with Crippen molar-refractivity contribution in [2.45, 2.75) is 0 Å². The first-order chi connectivity index (χ1) is 8.24. The van der Waals surface area contributed by atoms with E-state index >= 15 is 0 Å². The Morgan fingerprint density at radius 1 is 1.41 bits per heavy atom. The summed E-state index contributed by atoms with van der Waals surface area (Å²) in [5, 5.41) is 11.3. The van der Waals surface area contributed by atoms with E-state index < -0.39 is 0 Å². The van der Waals surface area contributed by atoms with Crippen molar-refractivity contribution in [3.63, 3.8) is 0 Å². The van der Waals surface area contributed by atoms with E-state index in [1.54, 1.807) is 7.05 Å². The van der Waals surface area contributed by atoms with Gasteiger partial charge in [0, 0.05) is 13.6 Å². The van der Waals surface area contributed by atoms with Crippen molar-refractivity contribution in [2.24, 2.45) is 0 Å². The van der Waals surface area contributed by atoms with Gasteiger partial charge in [-0.25, -0.2) is 4.79 Å². The number of nitrogens with one attached hydrogen (secondary N) is 1. The molecule has 0 atom stereocenters. The predicted octanol–water partition coefficient (Wildman–Crippen LogP) is 0.699. The van der Waals surface area contributed by atoms with Crippen molar-refractivity contribution in [1.82, 2.24) is 10.2 Å². The lowest BCUT2D eigenvalue weighted by atomic mass is 10.3. The maximum Gasteiger partial charge on any atom is 0.317 e. The summed E-state index contributed by atoms with van der Waals surface area (Å²) in [6.07, 6.45) is 0. The largest absolute Gasteiger partial charge is 0.492 e. The Morgan fingerprint density at radius 2 is 2.12 bits per heavy atom. The number of carbonyl (C=O) groups is 1. The van der Waals surface area contributed by atoms with E-state index in [1.807, 2.05) is 30.3 Å². The zero-order valence-corrected chi connectivity index (χ0v) is 9.93. The number of rotatable bonds is 6. The first-order valence-corrected chi connectivity index (χ1v) is 5.51. The third kappa shape index (κ3) is 5.21. The Labute approximate surface area is 101 Å². The molecule has 1 aromatic carbocycles. The molecule has 94 valence electrons. The van der Waals surface area contributed by atoms with Crippen LogP contribution in [0.25, 0.3) is 0 Å². The highest BCUT2D eigenvalue weighted by molar-refractivity contribution is 5.73. The maximum absolute atomic E-state index is 11.4. The molecule has 0 radical (unpaired) electrons. The van der Waals surface area contributed by atoms with Crippen molar-refractivity contribution >= 4 is 6.03 Å². The molecule has 5 nitrogen and oxygen atoms in total. The Morgan fingerprint density at radius 3 is 2.76 bits per heavy atom. The normalized spacial score (nSPS) is 9.76. The molecule has 2 amide bonds. The second-order valence-electron chi connectivity index (χ2n) is 3.54. The number of aliphatic hydroxyl groups is 1. The van der Waals surface area contributed by atoms with E-state index in [9.17, 15) is 4.79 Å². The molecule has 0 fully saturated rings. The molecule has 0 spiro atoms. The van der Waals surface area contributed by atoms with Gasteiger partial charge in [0.1, 0.15) is 12.4 Å². The van der Waals surface area contributed by atoms with E-state index in [-0.39, 0.29) is 12.6 Å². The smallest absolute Gasteiger partial charge is 0.317 e. The number of ether oxygens (including phenoxy) is 1. The van der Waals surface area contributed by atoms with Gasteiger partial charge in [0.2, 0.25) is 0 Å². The van der Waals surface area contributed by atoms with E-state index in [1.165, 1.54) is 4.90 Å². The molecule has 0 heterocycles. The number of nitrogens with zero attached hydrogens (tertiary/aromatic N) is 1. The van der Waals surface area contributed by atoms with Crippen LogP contribution < -0.4 is 10.1 Å². The molecule has 2 N–H and O–H groups in total. The molecular weight excluding hydrogens is 220 g/mol. The van der Waals surface area contributed by atoms with Gasteiger partial charge in [0.15, 0.2) is 0 Å².